The van der Waals surface area contributed by atoms with E-state index in [-0.39, 0.29) is 23.4 Å². The molecule has 0 aliphatic heterocycles. The first kappa shape index (κ1) is 23.6. The second kappa shape index (κ2) is 11.0. The third-order valence-corrected chi connectivity index (χ3v) is 7.59. The van der Waals surface area contributed by atoms with Crippen LogP contribution in [0.5, 0.6) is 5.75 Å². The summed E-state index contributed by atoms with van der Waals surface area (Å²) in [7, 11) is -3.82. The zero-order valence-corrected chi connectivity index (χ0v) is 19.3. The van der Waals surface area contributed by atoms with Gasteiger partial charge >= 0.3 is 0 Å². The van der Waals surface area contributed by atoms with Crippen molar-refractivity contribution in [1.29, 1.82) is 0 Å². The van der Waals surface area contributed by atoms with E-state index in [1.54, 1.807) is 36.4 Å². The topological polar surface area (TPSA) is 75.7 Å². The van der Waals surface area contributed by atoms with Crippen LogP contribution in [-0.4, -0.2) is 37.8 Å². The van der Waals surface area contributed by atoms with Gasteiger partial charge in [-0.05, 0) is 61.7 Å². The summed E-state index contributed by atoms with van der Waals surface area (Å²) >= 11 is 5.90. The molecule has 1 fully saturated rings. The molecule has 2 aromatic carbocycles. The van der Waals surface area contributed by atoms with Crippen LogP contribution in [0.3, 0.4) is 0 Å². The molecule has 0 radical (unpaired) electrons. The Balaban J connectivity index is 1.75. The molecule has 0 atom stereocenters. The van der Waals surface area contributed by atoms with E-state index in [0.29, 0.717) is 23.9 Å². The Labute approximate surface area is 189 Å². The second-order valence-electron chi connectivity index (χ2n) is 7.65. The number of rotatable bonds is 9. The zero-order valence-electron chi connectivity index (χ0n) is 17.7. The molecule has 8 heteroatoms. The molecule has 0 saturated heterocycles. The summed E-state index contributed by atoms with van der Waals surface area (Å²) in [6, 6.07) is 13.4. The first-order valence-electron chi connectivity index (χ1n) is 10.7. The fraction of sp³-hybridized carbons (Fsp3) is 0.435. The quantitative estimate of drug-likeness (QED) is 0.597. The molecule has 0 aromatic heterocycles. The Morgan fingerprint density at radius 2 is 1.71 bits per heavy atom. The smallest absolute Gasteiger partial charge is 0.243 e. The molecule has 1 amide bonds. The largest absolute Gasteiger partial charge is 0.494 e. The second-order valence-corrected chi connectivity index (χ2v) is 9.98. The number of hydrogen-bond donors (Lipinski definition) is 1. The van der Waals surface area contributed by atoms with Gasteiger partial charge in [0.2, 0.25) is 15.9 Å². The molecule has 1 saturated carbocycles. The van der Waals surface area contributed by atoms with Gasteiger partial charge < -0.3 is 10.1 Å². The van der Waals surface area contributed by atoms with Crippen molar-refractivity contribution < 1.29 is 17.9 Å². The summed E-state index contributed by atoms with van der Waals surface area (Å²) in [5.41, 5.74) is 0.899. The van der Waals surface area contributed by atoms with Gasteiger partial charge in [0.05, 0.1) is 18.0 Å². The highest BCUT2D eigenvalue weighted by Gasteiger charge is 2.33. The van der Waals surface area contributed by atoms with Gasteiger partial charge in [0.1, 0.15) is 5.75 Å². The van der Waals surface area contributed by atoms with E-state index in [4.69, 9.17) is 16.3 Å². The summed E-state index contributed by atoms with van der Waals surface area (Å²) in [6.07, 6.45) is 4.55. The Morgan fingerprint density at radius 1 is 1.06 bits per heavy atom. The van der Waals surface area contributed by atoms with Crippen LogP contribution in [0, 0.1) is 0 Å². The van der Waals surface area contributed by atoms with E-state index in [0.717, 1.165) is 37.7 Å². The van der Waals surface area contributed by atoms with Crippen LogP contribution >= 0.6 is 11.6 Å². The summed E-state index contributed by atoms with van der Waals surface area (Å²) < 4.78 is 33.7. The van der Waals surface area contributed by atoms with Gasteiger partial charge in [-0.3, -0.25) is 4.79 Å². The Kier molecular flexibility index (Phi) is 8.35. The molecule has 0 heterocycles. The maximum Gasteiger partial charge on any atom is 0.243 e. The van der Waals surface area contributed by atoms with Gasteiger partial charge in [0.25, 0.3) is 0 Å². The molecule has 0 unspecified atom stereocenters. The highest BCUT2D eigenvalue weighted by molar-refractivity contribution is 7.89. The van der Waals surface area contributed by atoms with Crippen molar-refractivity contribution in [2.75, 3.05) is 13.2 Å². The van der Waals surface area contributed by atoms with Crippen molar-refractivity contribution in [3.63, 3.8) is 0 Å². The maximum absolute atomic E-state index is 13.4. The number of sulfonamides is 1. The SMILES string of the molecule is CCOc1ccc(S(=O)(=O)N(CC(=O)NCc2ccc(Cl)cc2)C2CCCCC2)cc1. The van der Waals surface area contributed by atoms with Gasteiger partial charge in [-0.1, -0.05) is 43.0 Å². The molecule has 3 rings (SSSR count). The predicted octanol–water partition coefficient (Wildman–Crippen LogP) is 4.38. The Bertz CT molecular complexity index is 956. The van der Waals surface area contributed by atoms with Crippen molar-refractivity contribution in [3.05, 3.63) is 59.1 Å². The third-order valence-electron chi connectivity index (χ3n) is 5.43. The van der Waals surface area contributed by atoms with Crippen molar-refractivity contribution in [1.82, 2.24) is 9.62 Å². The minimum Gasteiger partial charge on any atom is -0.494 e. The van der Waals surface area contributed by atoms with Gasteiger partial charge in [-0.2, -0.15) is 4.31 Å². The summed E-state index contributed by atoms with van der Waals surface area (Å²) in [5, 5.41) is 3.45. The first-order valence-corrected chi connectivity index (χ1v) is 12.5. The fourth-order valence-electron chi connectivity index (χ4n) is 3.79. The molecular formula is C23H29ClN2O4S. The zero-order chi connectivity index (χ0) is 22.3. The van der Waals surface area contributed by atoms with E-state index in [1.807, 2.05) is 19.1 Å². The van der Waals surface area contributed by atoms with Crippen LogP contribution in [0.4, 0.5) is 0 Å². The monoisotopic (exact) mass is 464 g/mol. The molecule has 168 valence electrons. The predicted molar refractivity (Wildman–Crippen MR) is 122 cm³/mol. The standard InChI is InChI=1S/C23H29ClN2O4S/c1-2-30-21-12-14-22(15-13-21)31(28,29)26(20-6-4-3-5-7-20)17-23(27)25-16-18-8-10-19(24)11-9-18/h8-15,20H,2-7,16-17H2,1H3,(H,25,27). The van der Waals surface area contributed by atoms with Gasteiger partial charge in [0.15, 0.2) is 0 Å². The van der Waals surface area contributed by atoms with E-state index < -0.39 is 10.0 Å². The summed E-state index contributed by atoms with van der Waals surface area (Å²) in [5.74, 6) is 0.293. The third kappa shape index (κ3) is 6.45. The number of benzene rings is 2. The minimum absolute atomic E-state index is 0.173. The summed E-state index contributed by atoms with van der Waals surface area (Å²) in [4.78, 5) is 12.9. The Morgan fingerprint density at radius 3 is 2.32 bits per heavy atom. The molecule has 31 heavy (non-hydrogen) atoms. The van der Waals surface area contributed by atoms with E-state index in [1.165, 1.54) is 4.31 Å². The van der Waals surface area contributed by atoms with Crippen LogP contribution in [0.15, 0.2) is 53.4 Å². The average molecular weight is 465 g/mol. The average Bonchev–Trinajstić information content (AvgIpc) is 2.78. The lowest BCUT2D eigenvalue weighted by molar-refractivity contribution is -0.121. The molecule has 6 nitrogen and oxygen atoms in total. The molecular weight excluding hydrogens is 436 g/mol. The first-order chi connectivity index (χ1) is 14.9. The van der Waals surface area contributed by atoms with Gasteiger partial charge in [-0.15, -0.1) is 0 Å². The number of hydrogen-bond acceptors (Lipinski definition) is 4. The number of amides is 1. The molecule has 1 N–H and O–H groups in total. The highest BCUT2D eigenvalue weighted by Crippen LogP contribution is 2.28. The van der Waals surface area contributed by atoms with E-state index >= 15 is 0 Å². The van der Waals surface area contributed by atoms with Gasteiger partial charge in [0, 0.05) is 17.6 Å². The van der Waals surface area contributed by atoms with E-state index in [9.17, 15) is 13.2 Å². The minimum atomic E-state index is -3.82. The molecule has 2 aromatic rings. The summed E-state index contributed by atoms with van der Waals surface area (Å²) in [6.45, 7) is 2.50. The van der Waals surface area contributed by atoms with Crippen LogP contribution in [0.1, 0.15) is 44.6 Å². The van der Waals surface area contributed by atoms with E-state index in [2.05, 4.69) is 5.32 Å². The fourth-order valence-corrected chi connectivity index (χ4v) is 5.56. The number of halogens is 1. The molecule has 0 spiro atoms. The lowest BCUT2D eigenvalue weighted by atomic mass is 9.95. The number of carbonyl (C=O) groups excluding carboxylic acids is 1. The molecule has 1 aliphatic rings. The number of nitrogens with zero attached hydrogens (tertiary/aromatic N) is 1. The molecule has 0 bridgehead atoms. The maximum atomic E-state index is 13.4. The highest BCUT2D eigenvalue weighted by atomic mass is 35.5. The lowest BCUT2D eigenvalue weighted by Gasteiger charge is -2.33. The van der Waals surface area contributed by atoms with Crippen LogP contribution < -0.4 is 10.1 Å². The molecule has 1 aliphatic carbocycles. The van der Waals surface area contributed by atoms with Gasteiger partial charge in [-0.25, -0.2) is 8.42 Å². The van der Waals surface area contributed by atoms with Crippen molar-refractivity contribution in [2.45, 2.75) is 56.5 Å². The van der Waals surface area contributed by atoms with Crippen LogP contribution in [0.25, 0.3) is 0 Å². The number of ether oxygens (including phenoxy) is 1. The normalized spacial score (nSPS) is 15.1. The Hall–Kier alpha value is -2.09. The lowest BCUT2D eigenvalue weighted by Crippen LogP contribution is -2.46. The number of carbonyl (C=O) groups is 1. The van der Waals surface area contributed by atoms with Crippen LogP contribution in [0.2, 0.25) is 5.02 Å². The number of nitrogens with one attached hydrogen (secondary N) is 1. The van der Waals surface area contributed by atoms with Crippen molar-refractivity contribution >= 4 is 27.5 Å². The van der Waals surface area contributed by atoms with Crippen LogP contribution in [-0.2, 0) is 21.4 Å². The van der Waals surface area contributed by atoms with Crippen molar-refractivity contribution in [2.24, 2.45) is 0 Å². The van der Waals surface area contributed by atoms with Crippen molar-refractivity contribution in [3.8, 4) is 5.75 Å².